The number of nitrogens with one attached hydrogen (secondary N) is 2. The molecule has 0 aliphatic rings. The number of aryl methyl sites for hydroxylation is 1. The van der Waals surface area contributed by atoms with Crippen molar-refractivity contribution in [2.24, 2.45) is 0 Å². The SMILES string of the molecule is CCn1cc(S(=O)(=O)Nc2ccc(S(=O)(=O)Nc3cc(OC)ncn3)cc2)cn1. The minimum Gasteiger partial charge on any atom is -0.481 e. The first-order chi connectivity index (χ1) is 13.7. The van der Waals surface area contributed by atoms with Crippen molar-refractivity contribution in [1.82, 2.24) is 19.7 Å². The zero-order valence-corrected chi connectivity index (χ0v) is 17.1. The van der Waals surface area contributed by atoms with E-state index in [2.05, 4.69) is 24.5 Å². The number of hydrogen-bond donors (Lipinski definition) is 2. The van der Waals surface area contributed by atoms with E-state index in [1.54, 1.807) is 0 Å². The predicted octanol–water partition coefficient (Wildman–Crippen LogP) is 1.30. The topological polar surface area (TPSA) is 145 Å². The number of sulfonamides is 2. The minimum atomic E-state index is -3.94. The van der Waals surface area contributed by atoms with Crippen molar-refractivity contribution in [2.45, 2.75) is 23.3 Å². The largest absolute Gasteiger partial charge is 0.481 e. The van der Waals surface area contributed by atoms with Crippen molar-refractivity contribution >= 4 is 31.6 Å². The standard InChI is InChI=1S/C16H18N6O5S2/c1-3-22-10-14(9-19-22)29(25,26)20-12-4-6-13(7-5-12)28(23,24)21-15-8-16(27-2)18-11-17-15/h4-11,20H,3H2,1-2H3,(H,17,18,21). The Bertz CT molecular complexity index is 1210. The highest BCUT2D eigenvalue weighted by Gasteiger charge is 2.19. The summed E-state index contributed by atoms with van der Waals surface area (Å²) >= 11 is 0. The van der Waals surface area contributed by atoms with Crippen LogP contribution in [-0.4, -0.2) is 43.7 Å². The van der Waals surface area contributed by atoms with Gasteiger partial charge in [-0.1, -0.05) is 0 Å². The van der Waals surface area contributed by atoms with E-state index in [0.717, 1.165) is 6.33 Å². The van der Waals surface area contributed by atoms with Crippen LogP contribution in [0.25, 0.3) is 0 Å². The molecule has 29 heavy (non-hydrogen) atoms. The molecule has 0 spiro atoms. The Balaban J connectivity index is 1.76. The van der Waals surface area contributed by atoms with Crippen molar-refractivity contribution in [3.8, 4) is 5.88 Å². The number of aromatic nitrogens is 4. The summed E-state index contributed by atoms with van der Waals surface area (Å²) in [6.45, 7) is 2.37. The van der Waals surface area contributed by atoms with E-state index in [0.29, 0.717) is 6.54 Å². The van der Waals surface area contributed by atoms with Crippen LogP contribution in [0.15, 0.2) is 58.8 Å². The number of nitrogens with zero attached hydrogens (tertiary/aromatic N) is 4. The molecule has 3 rings (SSSR count). The van der Waals surface area contributed by atoms with Gasteiger partial charge in [0.1, 0.15) is 17.0 Å². The third kappa shape index (κ3) is 4.81. The lowest BCUT2D eigenvalue weighted by atomic mass is 10.3. The molecule has 0 radical (unpaired) electrons. The van der Waals surface area contributed by atoms with E-state index in [1.807, 2.05) is 6.92 Å². The lowest BCUT2D eigenvalue weighted by molar-refractivity contribution is 0.397. The molecule has 0 saturated heterocycles. The van der Waals surface area contributed by atoms with Crippen LogP contribution in [0.2, 0.25) is 0 Å². The van der Waals surface area contributed by atoms with Crippen LogP contribution in [0.4, 0.5) is 11.5 Å². The predicted molar refractivity (Wildman–Crippen MR) is 105 cm³/mol. The van der Waals surface area contributed by atoms with Crippen molar-refractivity contribution < 1.29 is 21.6 Å². The number of rotatable bonds is 8. The molecule has 0 unspecified atom stereocenters. The van der Waals surface area contributed by atoms with Gasteiger partial charge in [-0.3, -0.25) is 14.1 Å². The molecule has 0 saturated carbocycles. The van der Waals surface area contributed by atoms with E-state index in [9.17, 15) is 16.8 Å². The third-order valence-corrected chi connectivity index (χ3v) is 6.46. The van der Waals surface area contributed by atoms with Gasteiger partial charge in [0.15, 0.2) is 0 Å². The van der Waals surface area contributed by atoms with Crippen LogP contribution in [0, 0.1) is 0 Å². The Labute approximate surface area is 167 Å². The van der Waals surface area contributed by atoms with E-state index in [-0.39, 0.29) is 27.2 Å². The third-order valence-electron chi connectivity index (χ3n) is 3.75. The lowest BCUT2D eigenvalue weighted by Crippen LogP contribution is -2.15. The second kappa shape index (κ2) is 8.05. The quantitative estimate of drug-likeness (QED) is 0.535. The molecule has 0 fully saturated rings. The summed E-state index contributed by atoms with van der Waals surface area (Å²) in [5.41, 5.74) is 0.205. The highest BCUT2D eigenvalue weighted by molar-refractivity contribution is 7.93. The fourth-order valence-electron chi connectivity index (χ4n) is 2.28. The summed E-state index contributed by atoms with van der Waals surface area (Å²) in [5, 5.41) is 3.93. The second-order valence-electron chi connectivity index (χ2n) is 5.71. The summed E-state index contributed by atoms with van der Waals surface area (Å²) in [6, 6.07) is 6.56. The average Bonchev–Trinajstić information content (AvgIpc) is 3.18. The molecule has 2 N–H and O–H groups in total. The van der Waals surface area contributed by atoms with Gasteiger partial charge in [0.2, 0.25) is 5.88 Å². The number of benzene rings is 1. The van der Waals surface area contributed by atoms with Crippen LogP contribution in [0.5, 0.6) is 5.88 Å². The monoisotopic (exact) mass is 438 g/mol. The first kappa shape index (κ1) is 20.5. The summed E-state index contributed by atoms with van der Waals surface area (Å²) in [7, 11) is -6.38. The molecule has 2 aromatic heterocycles. The smallest absolute Gasteiger partial charge is 0.265 e. The summed E-state index contributed by atoms with van der Waals surface area (Å²) < 4.78 is 60.9. The molecule has 13 heteroatoms. The zero-order valence-electron chi connectivity index (χ0n) is 15.5. The van der Waals surface area contributed by atoms with Crippen molar-refractivity contribution in [3.05, 3.63) is 49.1 Å². The van der Waals surface area contributed by atoms with Gasteiger partial charge in [0.25, 0.3) is 20.0 Å². The average molecular weight is 438 g/mol. The highest BCUT2D eigenvalue weighted by Crippen LogP contribution is 2.20. The molecule has 0 bridgehead atoms. The van der Waals surface area contributed by atoms with Crippen LogP contribution in [0.1, 0.15) is 6.92 Å². The Morgan fingerprint density at radius 2 is 1.69 bits per heavy atom. The molecule has 11 nitrogen and oxygen atoms in total. The fourth-order valence-corrected chi connectivity index (χ4v) is 4.29. The van der Waals surface area contributed by atoms with Gasteiger partial charge in [-0.2, -0.15) is 5.10 Å². The Morgan fingerprint density at radius 1 is 1.00 bits per heavy atom. The molecule has 0 amide bonds. The number of ether oxygens (including phenoxy) is 1. The molecule has 1 aromatic carbocycles. The first-order valence-corrected chi connectivity index (χ1v) is 11.2. The summed E-state index contributed by atoms with van der Waals surface area (Å²) in [5.74, 6) is 0.239. The fraction of sp³-hybridized carbons (Fsp3) is 0.188. The van der Waals surface area contributed by atoms with Gasteiger partial charge in [-0.15, -0.1) is 0 Å². The summed E-state index contributed by atoms with van der Waals surface area (Å²) in [6.07, 6.45) is 3.81. The maximum Gasteiger partial charge on any atom is 0.265 e. The van der Waals surface area contributed by atoms with E-state index >= 15 is 0 Å². The zero-order chi connectivity index (χ0) is 21.1. The lowest BCUT2D eigenvalue weighted by Gasteiger charge is -2.10. The van der Waals surface area contributed by atoms with Crippen molar-refractivity contribution in [3.63, 3.8) is 0 Å². The number of anilines is 2. The molecular weight excluding hydrogens is 420 g/mol. The Morgan fingerprint density at radius 3 is 2.31 bits per heavy atom. The van der Waals surface area contributed by atoms with Crippen LogP contribution in [-0.2, 0) is 26.6 Å². The van der Waals surface area contributed by atoms with Crippen molar-refractivity contribution in [1.29, 1.82) is 0 Å². The molecule has 3 aromatic rings. The van der Waals surface area contributed by atoms with Crippen LogP contribution >= 0.6 is 0 Å². The van der Waals surface area contributed by atoms with E-state index in [1.165, 1.54) is 54.5 Å². The van der Waals surface area contributed by atoms with Gasteiger partial charge in [-0.25, -0.2) is 26.8 Å². The molecular formula is C16H18N6O5S2. The summed E-state index contributed by atoms with van der Waals surface area (Å²) in [4.78, 5) is 7.56. The van der Waals surface area contributed by atoms with Gasteiger partial charge in [0.05, 0.1) is 18.2 Å². The van der Waals surface area contributed by atoms with Crippen molar-refractivity contribution in [2.75, 3.05) is 16.6 Å². The number of hydrogen-bond acceptors (Lipinski definition) is 8. The van der Waals surface area contributed by atoms with E-state index < -0.39 is 20.0 Å². The Hall–Kier alpha value is -3.19. The van der Waals surface area contributed by atoms with Crippen LogP contribution < -0.4 is 14.2 Å². The minimum absolute atomic E-state index is 0.00965. The van der Waals surface area contributed by atoms with Gasteiger partial charge in [0, 0.05) is 24.5 Å². The van der Waals surface area contributed by atoms with Gasteiger partial charge >= 0.3 is 0 Å². The second-order valence-corrected chi connectivity index (χ2v) is 9.08. The van der Waals surface area contributed by atoms with Gasteiger partial charge < -0.3 is 4.74 Å². The molecule has 154 valence electrons. The maximum atomic E-state index is 12.5. The first-order valence-electron chi connectivity index (χ1n) is 8.27. The maximum absolute atomic E-state index is 12.5. The van der Waals surface area contributed by atoms with Gasteiger partial charge in [-0.05, 0) is 31.2 Å². The van der Waals surface area contributed by atoms with E-state index in [4.69, 9.17) is 4.74 Å². The normalized spacial score (nSPS) is 11.8. The van der Waals surface area contributed by atoms with Crippen LogP contribution in [0.3, 0.4) is 0 Å². The molecule has 0 aliphatic carbocycles. The molecule has 0 aliphatic heterocycles. The Kier molecular flexibility index (Phi) is 5.70. The molecule has 0 atom stereocenters. The highest BCUT2D eigenvalue weighted by atomic mass is 32.2. The molecule has 2 heterocycles. The number of methoxy groups -OCH3 is 1.